The number of nitrogens with one attached hydrogen (secondary N) is 1. The maximum absolute atomic E-state index is 13.0. The van der Waals surface area contributed by atoms with Crippen molar-refractivity contribution >= 4 is 11.9 Å². The number of carbonyl (C=O) groups is 2. The molecule has 0 aromatic heterocycles. The highest BCUT2D eigenvalue weighted by Crippen LogP contribution is 2.23. The minimum atomic E-state index is -1.58. The predicted molar refractivity (Wildman–Crippen MR) is 380 cm³/mol. The van der Waals surface area contributed by atoms with Gasteiger partial charge in [-0.25, -0.2) is 0 Å². The van der Waals surface area contributed by atoms with Crippen molar-refractivity contribution in [3.05, 3.63) is 72.9 Å². The molecule has 1 saturated heterocycles. The number of allylic oxidation sites excluding steroid dienone is 11. The topological polar surface area (TPSA) is 175 Å². The van der Waals surface area contributed by atoms with Crippen LogP contribution in [0, 0.1) is 0 Å². The summed E-state index contributed by atoms with van der Waals surface area (Å²) in [6.45, 7) is 4.29. The van der Waals surface area contributed by atoms with Gasteiger partial charge in [0.2, 0.25) is 5.91 Å². The third-order valence-electron chi connectivity index (χ3n) is 17.8. The summed E-state index contributed by atoms with van der Waals surface area (Å²) >= 11 is 0. The van der Waals surface area contributed by atoms with Crippen molar-refractivity contribution in [3.8, 4) is 0 Å². The maximum atomic E-state index is 13.0. The fourth-order valence-electron chi connectivity index (χ4n) is 11.7. The van der Waals surface area contributed by atoms with Gasteiger partial charge < -0.3 is 45.1 Å². The zero-order chi connectivity index (χ0) is 65.1. The Hall–Kier alpha value is -2.90. The van der Waals surface area contributed by atoms with E-state index >= 15 is 0 Å². The van der Waals surface area contributed by atoms with Crippen LogP contribution < -0.4 is 5.32 Å². The van der Waals surface area contributed by atoms with Crippen LogP contribution in [0.15, 0.2) is 72.9 Å². The average Bonchev–Trinajstić information content (AvgIpc) is 0.997. The summed E-state index contributed by atoms with van der Waals surface area (Å²) < 4.78 is 16.7. The van der Waals surface area contributed by atoms with Gasteiger partial charge in [0, 0.05) is 12.8 Å². The lowest BCUT2D eigenvalue weighted by atomic mass is 9.99. The normalized spacial score (nSPS) is 18.1. The molecule has 0 bridgehead atoms. The molecule has 1 amide bonds. The zero-order valence-electron chi connectivity index (χ0n) is 58.3. The summed E-state index contributed by atoms with van der Waals surface area (Å²) in [6, 6.07) is -0.826. The van der Waals surface area contributed by atoms with Gasteiger partial charge in [-0.05, 0) is 109 Å². The highest BCUT2D eigenvalue weighted by Gasteiger charge is 2.44. The summed E-state index contributed by atoms with van der Waals surface area (Å²) in [5, 5.41) is 54.3. The van der Waals surface area contributed by atoms with Gasteiger partial charge in [0.15, 0.2) is 6.29 Å². The molecule has 11 heteroatoms. The average molecular weight is 1270 g/mol. The lowest BCUT2D eigenvalue weighted by Gasteiger charge is -2.40. The van der Waals surface area contributed by atoms with Gasteiger partial charge in [-0.2, -0.15) is 0 Å². The summed E-state index contributed by atoms with van der Waals surface area (Å²) in [4.78, 5) is 25.1. The standard InChI is InChI=1S/C79H143NO10/c1-3-5-7-9-11-13-15-16-40-44-47-51-55-59-63-67-75(84)88-68-64-60-56-52-48-45-42-39-37-35-33-31-29-27-25-23-21-19-17-18-20-22-24-26-28-30-32-34-36-38-41-43-46-50-54-58-62-66-74(83)80-71(70-89-79-78(87)77(86)76(85)73(69-81)90-79)72(82)65-61-57-53-49-14-12-10-8-6-4-2/h11,13-14,16-17,19,23,25,40,49,61,65,71-73,76-79,81-82,85-87H,3-10,12,15,18,20-22,24,26-39,41-48,50-60,62-64,66-70H2,1-2H3,(H,80,83)/b13-11-,19-17-,25-23-,40-16-,49-14+,65-61+. The maximum Gasteiger partial charge on any atom is 0.305 e. The molecule has 1 heterocycles. The molecule has 7 atom stereocenters. The number of aliphatic hydroxyl groups excluding tert-OH is 5. The van der Waals surface area contributed by atoms with Crippen LogP contribution in [-0.4, -0.2) is 100 Å². The van der Waals surface area contributed by atoms with Gasteiger partial charge >= 0.3 is 5.97 Å². The molecule has 524 valence electrons. The first-order valence-corrected chi connectivity index (χ1v) is 38.2. The quantitative estimate of drug-likeness (QED) is 0.0195. The first kappa shape index (κ1) is 85.1. The van der Waals surface area contributed by atoms with E-state index in [0.717, 1.165) is 70.6 Å². The van der Waals surface area contributed by atoms with Crippen LogP contribution in [0.4, 0.5) is 0 Å². The van der Waals surface area contributed by atoms with Crippen molar-refractivity contribution in [3.63, 3.8) is 0 Å². The number of carbonyl (C=O) groups excluding carboxylic acids is 2. The second-order valence-electron chi connectivity index (χ2n) is 26.3. The van der Waals surface area contributed by atoms with Gasteiger partial charge in [-0.1, -0.05) is 305 Å². The second-order valence-corrected chi connectivity index (χ2v) is 26.3. The number of amides is 1. The summed E-state index contributed by atoms with van der Waals surface area (Å²) in [5.74, 6) is -0.192. The third kappa shape index (κ3) is 55.5. The highest BCUT2D eigenvalue weighted by molar-refractivity contribution is 5.76. The molecule has 11 nitrogen and oxygen atoms in total. The number of unbranched alkanes of at least 4 members (excludes halogenated alkanes) is 43. The van der Waals surface area contributed by atoms with Crippen LogP contribution in [0.25, 0.3) is 0 Å². The molecule has 0 spiro atoms. The van der Waals surface area contributed by atoms with E-state index in [0.29, 0.717) is 19.4 Å². The Labute approximate surface area is 553 Å². The highest BCUT2D eigenvalue weighted by atomic mass is 16.7. The largest absolute Gasteiger partial charge is 0.466 e. The molecule has 7 unspecified atom stereocenters. The van der Waals surface area contributed by atoms with E-state index < -0.39 is 49.5 Å². The van der Waals surface area contributed by atoms with Gasteiger partial charge in [-0.15, -0.1) is 0 Å². The Morgan fingerprint density at radius 3 is 1.19 bits per heavy atom. The van der Waals surface area contributed by atoms with Gasteiger partial charge in [0.1, 0.15) is 24.4 Å². The van der Waals surface area contributed by atoms with E-state index in [1.54, 1.807) is 6.08 Å². The van der Waals surface area contributed by atoms with Gasteiger partial charge in [0.25, 0.3) is 0 Å². The molecule has 1 fully saturated rings. The van der Waals surface area contributed by atoms with Crippen LogP contribution >= 0.6 is 0 Å². The smallest absolute Gasteiger partial charge is 0.305 e. The van der Waals surface area contributed by atoms with Crippen molar-refractivity contribution in [2.45, 2.75) is 397 Å². The number of hydrogen-bond acceptors (Lipinski definition) is 10. The van der Waals surface area contributed by atoms with Crippen LogP contribution in [0.5, 0.6) is 0 Å². The predicted octanol–water partition coefficient (Wildman–Crippen LogP) is 20.2. The zero-order valence-corrected chi connectivity index (χ0v) is 58.3. The molecule has 0 radical (unpaired) electrons. The van der Waals surface area contributed by atoms with Crippen molar-refractivity contribution in [2.24, 2.45) is 0 Å². The Kier molecular flexibility index (Phi) is 63.9. The molecule has 1 rings (SSSR count). The SMILES string of the molecule is CCCCC/C=C\C/C=C\CCCCCCCC(=O)OCCCCCCCCCCCCCCC/C=C\C/C=C\CCCCCCCCCCCCCCCCCCCC(=O)NC(COC1OC(CO)C(O)C(O)C1O)C(O)/C=C/CC/C=C/CCCCCC. The number of ether oxygens (including phenoxy) is 3. The number of aliphatic hydroxyl groups is 5. The minimum absolute atomic E-state index is 0.00192. The van der Waals surface area contributed by atoms with E-state index in [1.165, 1.54) is 257 Å². The molecular weight excluding hydrogens is 1120 g/mol. The van der Waals surface area contributed by atoms with E-state index in [2.05, 4.69) is 79.9 Å². The summed E-state index contributed by atoms with van der Waals surface area (Å²) in [7, 11) is 0. The summed E-state index contributed by atoms with van der Waals surface area (Å²) in [5.41, 5.74) is 0. The van der Waals surface area contributed by atoms with Crippen LogP contribution in [0.3, 0.4) is 0 Å². The van der Waals surface area contributed by atoms with E-state index in [9.17, 15) is 35.1 Å². The first-order chi connectivity index (χ1) is 44.2. The fraction of sp³-hybridized carbons (Fsp3) is 0.823. The van der Waals surface area contributed by atoms with E-state index in [-0.39, 0.29) is 18.5 Å². The van der Waals surface area contributed by atoms with Crippen LogP contribution in [0.2, 0.25) is 0 Å². The van der Waals surface area contributed by atoms with Crippen LogP contribution in [-0.2, 0) is 23.8 Å². The Morgan fingerprint density at radius 2 is 0.756 bits per heavy atom. The minimum Gasteiger partial charge on any atom is -0.466 e. The molecular formula is C79H143NO10. The van der Waals surface area contributed by atoms with Gasteiger partial charge in [0.05, 0.1) is 32.0 Å². The summed E-state index contributed by atoms with van der Waals surface area (Å²) in [6.07, 6.45) is 82.2. The molecule has 1 aliphatic heterocycles. The number of hydrogen-bond donors (Lipinski definition) is 6. The molecule has 0 saturated carbocycles. The van der Waals surface area contributed by atoms with Gasteiger partial charge in [-0.3, -0.25) is 9.59 Å². The van der Waals surface area contributed by atoms with Crippen LogP contribution in [0.1, 0.15) is 354 Å². The van der Waals surface area contributed by atoms with Crippen molar-refractivity contribution in [1.82, 2.24) is 5.32 Å². The Morgan fingerprint density at radius 1 is 0.411 bits per heavy atom. The van der Waals surface area contributed by atoms with Crippen molar-refractivity contribution < 1.29 is 49.3 Å². The molecule has 6 N–H and O–H groups in total. The fourth-order valence-corrected chi connectivity index (χ4v) is 11.7. The molecule has 0 aliphatic carbocycles. The lowest BCUT2D eigenvalue weighted by Crippen LogP contribution is -2.60. The molecule has 0 aromatic rings. The Bertz CT molecular complexity index is 1730. The molecule has 90 heavy (non-hydrogen) atoms. The lowest BCUT2D eigenvalue weighted by molar-refractivity contribution is -0.302. The number of esters is 1. The Balaban J connectivity index is 1.90. The van der Waals surface area contributed by atoms with Crippen molar-refractivity contribution in [1.29, 1.82) is 0 Å². The third-order valence-corrected chi connectivity index (χ3v) is 17.8. The van der Waals surface area contributed by atoms with E-state index in [1.807, 2.05) is 6.08 Å². The monoisotopic (exact) mass is 1270 g/mol. The second kappa shape index (κ2) is 67.5. The van der Waals surface area contributed by atoms with E-state index in [4.69, 9.17) is 14.2 Å². The first-order valence-electron chi connectivity index (χ1n) is 38.2. The van der Waals surface area contributed by atoms with Crippen molar-refractivity contribution in [2.75, 3.05) is 19.8 Å². The molecule has 1 aliphatic rings. The number of rotatable bonds is 67. The molecule has 0 aromatic carbocycles.